The zero-order chi connectivity index (χ0) is 31.3. The normalized spacial score (nSPS) is 11.8. The van der Waals surface area contributed by atoms with E-state index >= 15 is 0 Å². The average Bonchev–Trinajstić information content (AvgIpc) is 3.04. The van der Waals surface area contributed by atoms with Gasteiger partial charge in [-0.15, -0.1) is 11.8 Å². The van der Waals surface area contributed by atoms with Crippen LogP contribution in [-0.2, 0) is 9.59 Å². The van der Waals surface area contributed by atoms with Gasteiger partial charge in [0.1, 0.15) is 11.4 Å². The number of amides is 3. The first-order chi connectivity index (χ1) is 21.3. The Hall–Kier alpha value is -4.82. The summed E-state index contributed by atoms with van der Waals surface area (Å²) in [5.74, 6) is -0.173. The van der Waals surface area contributed by atoms with Gasteiger partial charge in [0.2, 0.25) is 5.91 Å². The number of anilines is 2. The van der Waals surface area contributed by atoms with Crippen LogP contribution in [0, 0.1) is 6.92 Å². The van der Waals surface area contributed by atoms with E-state index in [0.29, 0.717) is 23.5 Å². The lowest BCUT2D eigenvalue weighted by Crippen LogP contribution is -2.30. The Morgan fingerprint density at radius 1 is 0.818 bits per heavy atom. The number of rotatable bonds is 13. The number of aryl methyl sites for hydroxylation is 1. The Kier molecular flexibility index (Phi) is 11.8. The number of unbranched alkanes of at least 4 members (excludes halogenated alkanes) is 1. The summed E-state index contributed by atoms with van der Waals surface area (Å²) in [6, 6.07) is 31.0. The molecule has 0 heterocycles. The van der Waals surface area contributed by atoms with Crippen LogP contribution in [0.5, 0.6) is 5.75 Å². The molecule has 0 aromatic heterocycles. The molecule has 0 aliphatic rings. The lowest BCUT2D eigenvalue weighted by atomic mass is 10.1. The molecule has 0 aliphatic carbocycles. The molecule has 44 heavy (non-hydrogen) atoms. The van der Waals surface area contributed by atoms with E-state index in [1.165, 1.54) is 11.8 Å². The van der Waals surface area contributed by atoms with Crippen molar-refractivity contribution in [1.29, 1.82) is 0 Å². The van der Waals surface area contributed by atoms with Crippen LogP contribution >= 0.6 is 11.8 Å². The van der Waals surface area contributed by atoms with Gasteiger partial charge in [0.05, 0.1) is 11.9 Å². The van der Waals surface area contributed by atoms with Crippen LogP contribution < -0.4 is 20.7 Å². The maximum atomic E-state index is 13.3. The molecule has 1 atom stereocenters. The monoisotopic (exact) mass is 607 g/mol. The van der Waals surface area contributed by atoms with Crippen LogP contribution in [0.1, 0.15) is 48.2 Å². The van der Waals surface area contributed by atoms with Gasteiger partial charge in [-0.1, -0.05) is 61.4 Å². The third-order valence-electron chi connectivity index (χ3n) is 6.60. The highest BCUT2D eigenvalue weighted by molar-refractivity contribution is 8.00. The Morgan fingerprint density at radius 2 is 1.45 bits per heavy atom. The largest absolute Gasteiger partial charge is 0.494 e. The van der Waals surface area contributed by atoms with Crippen LogP contribution in [0.2, 0.25) is 0 Å². The predicted octanol–water partition coefficient (Wildman–Crippen LogP) is 7.70. The summed E-state index contributed by atoms with van der Waals surface area (Å²) in [7, 11) is 0. The van der Waals surface area contributed by atoms with Gasteiger partial charge in [-0.3, -0.25) is 14.4 Å². The molecule has 0 spiro atoms. The molecule has 0 saturated carbocycles. The van der Waals surface area contributed by atoms with Gasteiger partial charge in [0.25, 0.3) is 11.8 Å². The number of nitrogens with one attached hydrogen (secondary N) is 3. The van der Waals surface area contributed by atoms with Crippen molar-refractivity contribution < 1.29 is 19.1 Å². The molecule has 0 saturated heterocycles. The predicted molar refractivity (Wildman–Crippen MR) is 179 cm³/mol. The first-order valence-electron chi connectivity index (χ1n) is 14.6. The number of ether oxygens (including phenoxy) is 1. The van der Waals surface area contributed by atoms with Crippen molar-refractivity contribution in [2.45, 2.75) is 43.8 Å². The maximum absolute atomic E-state index is 13.3. The van der Waals surface area contributed by atoms with E-state index in [1.54, 1.807) is 42.5 Å². The minimum Gasteiger partial charge on any atom is -0.494 e. The van der Waals surface area contributed by atoms with E-state index in [9.17, 15) is 14.4 Å². The summed E-state index contributed by atoms with van der Waals surface area (Å²) in [5.41, 5.74) is 3.70. The number of benzene rings is 4. The number of thioether (sulfide) groups is 1. The van der Waals surface area contributed by atoms with Crippen LogP contribution in [0.25, 0.3) is 6.08 Å². The fourth-order valence-corrected chi connectivity index (χ4v) is 4.92. The Bertz CT molecular complexity index is 1570. The van der Waals surface area contributed by atoms with Gasteiger partial charge in [-0.2, -0.15) is 0 Å². The maximum Gasteiger partial charge on any atom is 0.272 e. The zero-order valence-corrected chi connectivity index (χ0v) is 25.9. The highest BCUT2D eigenvalue weighted by atomic mass is 32.2. The molecule has 0 radical (unpaired) electrons. The van der Waals surface area contributed by atoms with Gasteiger partial charge in [-0.05, 0) is 92.6 Å². The van der Waals surface area contributed by atoms with Gasteiger partial charge in [0, 0.05) is 21.8 Å². The van der Waals surface area contributed by atoms with E-state index in [2.05, 4.69) is 22.9 Å². The first-order valence-corrected chi connectivity index (χ1v) is 15.4. The summed E-state index contributed by atoms with van der Waals surface area (Å²) in [6.07, 6.45) is 3.72. The van der Waals surface area contributed by atoms with Crippen molar-refractivity contribution in [3.8, 4) is 5.75 Å². The van der Waals surface area contributed by atoms with E-state index in [1.807, 2.05) is 80.6 Å². The highest BCUT2D eigenvalue weighted by Gasteiger charge is 2.17. The van der Waals surface area contributed by atoms with Gasteiger partial charge >= 0.3 is 0 Å². The van der Waals surface area contributed by atoms with Crippen molar-refractivity contribution in [3.05, 3.63) is 126 Å². The lowest BCUT2D eigenvalue weighted by molar-refractivity contribution is -0.115. The second-order valence-electron chi connectivity index (χ2n) is 10.2. The van der Waals surface area contributed by atoms with Crippen molar-refractivity contribution in [3.63, 3.8) is 0 Å². The van der Waals surface area contributed by atoms with Crippen LogP contribution in [0.15, 0.2) is 114 Å². The van der Waals surface area contributed by atoms with Crippen LogP contribution in [0.4, 0.5) is 11.4 Å². The fraction of sp³-hybridized carbons (Fsp3) is 0.194. The number of hydrogen-bond acceptors (Lipinski definition) is 5. The molecule has 0 aliphatic heterocycles. The Morgan fingerprint density at radius 3 is 2.11 bits per heavy atom. The SMILES string of the molecule is CCCCOc1ccc(NC(=O)C(C)Sc2ccc(NC(=O)/C(=C/c3ccc(C)cc3)NC(=O)c3ccccc3)cc2)cc1. The number of carbonyl (C=O) groups excluding carboxylic acids is 3. The molecule has 8 heteroatoms. The summed E-state index contributed by atoms with van der Waals surface area (Å²) in [5, 5.41) is 8.21. The third-order valence-corrected chi connectivity index (χ3v) is 7.71. The molecule has 0 bridgehead atoms. The molecule has 1 unspecified atom stereocenters. The molecular weight excluding hydrogens is 570 g/mol. The zero-order valence-electron chi connectivity index (χ0n) is 25.1. The smallest absolute Gasteiger partial charge is 0.272 e. The highest BCUT2D eigenvalue weighted by Crippen LogP contribution is 2.26. The van der Waals surface area contributed by atoms with Crippen molar-refractivity contribution >= 4 is 46.9 Å². The standard InChI is InChI=1S/C36H37N3O4S/c1-4-5-23-43-31-19-15-29(16-20-31)37-34(40)26(3)44-32-21-17-30(18-22-32)38-36(42)33(24-27-13-11-25(2)12-14-27)39-35(41)28-9-7-6-8-10-28/h6-22,24,26H,4-5,23H2,1-3H3,(H,37,40)(H,38,42)(H,39,41)/b33-24-. The number of carbonyl (C=O) groups is 3. The van der Waals surface area contributed by atoms with Crippen molar-refractivity contribution in [1.82, 2.24) is 5.32 Å². The number of hydrogen-bond donors (Lipinski definition) is 3. The van der Waals surface area contributed by atoms with E-state index < -0.39 is 5.91 Å². The Labute approximate surface area is 263 Å². The Balaban J connectivity index is 1.36. The average molecular weight is 608 g/mol. The summed E-state index contributed by atoms with van der Waals surface area (Å²) >= 11 is 1.41. The summed E-state index contributed by atoms with van der Waals surface area (Å²) < 4.78 is 5.68. The minimum atomic E-state index is -0.454. The quantitative estimate of drug-likeness (QED) is 0.0822. The summed E-state index contributed by atoms with van der Waals surface area (Å²) in [4.78, 5) is 39.8. The molecule has 4 rings (SSSR count). The molecule has 226 valence electrons. The van der Waals surface area contributed by atoms with E-state index in [0.717, 1.165) is 34.6 Å². The van der Waals surface area contributed by atoms with Gasteiger partial charge in [-0.25, -0.2) is 0 Å². The second kappa shape index (κ2) is 16.1. The van der Waals surface area contributed by atoms with Crippen LogP contribution in [-0.4, -0.2) is 29.6 Å². The van der Waals surface area contributed by atoms with E-state index in [4.69, 9.17) is 4.74 Å². The molecule has 4 aromatic rings. The molecule has 7 nitrogen and oxygen atoms in total. The molecule has 4 aromatic carbocycles. The van der Waals surface area contributed by atoms with Crippen LogP contribution in [0.3, 0.4) is 0 Å². The lowest BCUT2D eigenvalue weighted by Gasteiger charge is -2.14. The van der Waals surface area contributed by atoms with Gasteiger partial charge in [0.15, 0.2) is 0 Å². The molecular formula is C36H37N3O4S. The van der Waals surface area contributed by atoms with E-state index in [-0.39, 0.29) is 22.8 Å². The second-order valence-corrected chi connectivity index (χ2v) is 11.7. The third kappa shape index (κ3) is 9.88. The van der Waals surface area contributed by atoms with Crippen molar-refractivity contribution in [2.24, 2.45) is 0 Å². The first kappa shape index (κ1) is 32.1. The van der Waals surface area contributed by atoms with Gasteiger partial charge < -0.3 is 20.7 Å². The molecule has 3 amide bonds. The fourth-order valence-electron chi connectivity index (χ4n) is 4.06. The minimum absolute atomic E-state index is 0.118. The molecule has 0 fully saturated rings. The molecule has 3 N–H and O–H groups in total. The van der Waals surface area contributed by atoms with Crippen molar-refractivity contribution in [2.75, 3.05) is 17.2 Å². The topological polar surface area (TPSA) is 96.5 Å². The summed E-state index contributed by atoms with van der Waals surface area (Å²) in [6.45, 7) is 6.62.